The van der Waals surface area contributed by atoms with Gasteiger partial charge in [0, 0.05) is 38.4 Å². The second kappa shape index (κ2) is 11.3. The van der Waals surface area contributed by atoms with Gasteiger partial charge in [-0.15, -0.1) is 0 Å². The molecule has 0 aromatic heterocycles. The van der Waals surface area contributed by atoms with Crippen LogP contribution in [-0.2, 0) is 16.1 Å². The van der Waals surface area contributed by atoms with Crippen LogP contribution in [0.3, 0.4) is 0 Å². The van der Waals surface area contributed by atoms with Gasteiger partial charge in [-0.25, -0.2) is 4.79 Å². The lowest BCUT2D eigenvalue weighted by Crippen LogP contribution is -2.48. The van der Waals surface area contributed by atoms with E-state index in [1.54, 1.807) is 0 Å². The Morgan fingerprint density at radius 1 is 1.07 bits per heavy atom. The molecule has 1 fully saturated rings. The number of piperazine rings is 1. The van der Waals surface area contributed by atoms with Gasteiger partial charge < -0.3 is 9.64 Å². The van der Waals surface area contributed by atoms with Crippen LogP contribution in [0, 0.1) is 0 Å². The van der Waals surface area contributed by atoms with Crippen LogP contribution in [-0.4, -0.2) is 58.9 Å². The maximum atomic E-state index is 11.8. The van der Waals surface area contributed by atoms with Crippen molar-refractivity contribution < 1.29 is 14.3 Å². The summed E-state index contributed by atoms with van der Waals surface area (Å²) < 4.78 is 5.24. The van der Waals surface area contributed by atoms with Gasteiger partial charge in [-0.05, 0) is 38.5 Å². The minimum absolute atomic E-state index is 0.150. The van der Waals surface area contributed by atoms with Gasteiger partial charge in [-0.2, -0.15) is 0 Å². The minimum atomic E-state index is -0.512. The first-order valence-electron chi connectivity index (χ1n) is 9.42. The summed E-state index contributed by atoms with van der Waals surface area (Å²) in [6.45, 7) is 13.6. The van der Waals surface area contributed by atoms with Crippen molar-refractivity contribution in [2.75, 3.05) is 36.8 Å². The number of hydrogen-bond acceptors (Lipinski definition) is 4. The maximum absolute atomic E-state index is 11.8. The van der Waals surface area contributed by atoms with E-state index in [0.717, 1.165) is 32.7 Å². The molecule has 1 aliphatic heterocycles. The highest BCUT2D eigenvalue weighted by Gasteiger charge is 2.20. The standard InChI is InChI=1S/C18H26BrN3O3.C2H6/c1-18(2,3)25-17(24)20-15-6-4-14(5-7-15)13-21-8-10-22(11-9-21)16(23)12-19;1-2/h4-7H,8-13H2,1-3H3,(H,20,24);1-2H3. The van der Waals surface area contributed by atoms with E-state index in [1.807, 2.05) is 63.8 Å². The van der Waals surface area contributed by atoms with Crippen molar-refractivity contribution in [1.29, 1.82) is 0 Å². The molecular weight excluding hydrogens is 410 g/mol. The summed E-state index contributed by atoms with van der Waals surface area (Å²) in [5.41, 5.74) is 1.38. The largest absolute Gasteiger partial charge is 0.444 e. The van der Waals surface area contributed by atoms with E-state index in [-0.39, 0.29) is 5.91 Å². The average molecular weight is 442 g/mol. The molecule has 152 valence electrons. The van der Waals surface area contributed by atoms with Crippen molar-refractivity contribution in [3.05, 3.63) is 29.8 Å². The van der Waals surface area contributed by atoms with E-state index in [2.05, 4.69) is 26.1 Å². The molecule has 1 aromatic rings. The third-order valence-corrected chi connectivity index (χ3v) is 4.32. The molecule has 2 rings (SSSR count). The van der Waals surface area contributed by atoms with Crippen LogP contribution in [0.25, 0.3) is 0 Å². The van der Waals surface area contributed by atoms with E-state index in [9.17, 15) is 9.59 Å². The lowest BCUT2D eigenvalue weighted by molar-refractivity contribution is -0.130. The highest BCUT2D eigenvalue weighted by molar-refractivity contribution is 9.09. The molecule has 2 amide bonds. The summed E-state index contributed by atoms with van der Waals surface area (Å²) in [6.07, 6.45) is -0.451. The van der Waals surface area contributed by atoms with Gasteiger partial charge in [0.15, 0.2) is 0 Å². The molecule has 1 aromatic carbocycles. The Hall–Kier alpha value is -1.60. The number of nitrogens with zero attached hydrogens (tertiary/aromatic N) is 2. The molecule has 1 saturated heterocycles. The summed E-state index contributed by atoms with van der Waals surface area (Å²) in [7, 11) is 0. The number of nitrogens with one attached hydrogen (secondary N) is 1. The predicted octanol–water partition coefficient (Wildman–Crippen LogP) is 4.10. The molecule has 7 heteroatoms. The highest BCUT2D eigenvalue weighted by atomic mass is 79.9. The lowest BCUT2D eigenvalue weighted by atomic mass is 10.1. The molecule has 1 heterocycles. The Bertz CT molecular complexity index is 591. The zero-order valence-corrected chi connectivity index (χ0v) is 18.6. The van der Waals surface area contributed by atoms with Crippen LogP contribution in [0.15, 0.2) is 24.3 Å². The molecule has 27 heavy (non-hydrogen) atoms. The number of anilines is 1. The van der Waals surface area contributed by atoms with E-state index in [4.69, 9.17) is 4.74 Å². The number of ether oxygens (including phenoxy) is 1. The number of alkyl halides is 1. The van der Waals surface area contributed by atoms with Gasteiger partial charge in [0.2, 0.25) is 5.91 Å². The average Bonchev–Trinajstić information content (AvgIpc) is 2.63. The Morgan fingerprint density at radius 3 is 2.11 bits per heavy atom. The second-order valence-corrected chi connectivity index (χ2v) is 7.68. The predicted molar refractivity (Wildman–Crippen MR) is 113 cm³/mol. The fourth-order valence-electron chi connectivity index (χ4n) is 2.61. The number of rotatable bonds is 4. The van der Waals surface area contributed by atoms with Crippen molar-refractivity contribution in [2.45, 2.75) is 46.8 Å². The molecule has 1 N–H and O–H groups in total. The summed E-state index contributed by atoms with van der Waals surface area (Å²) in [5, 5.41) is 3.12. The Labute approximate surface area is 171 Å². The smallest absolute Gasteiger partial charge is 0.412 e. The summed E-state index contributed by atoms with van der Waals surface area (Å²) in [5.74, 6) is 0.150. The van der Waals surface area contributed by atoms with Gasteiger partial charge in [0.1, 0.15) is 5.60 Å². The molecule has 0 atom stereocenters. The molecule has 0 spiro atoms. The third kappa shape index (κ3) is 8.75. The van der Waals surface area contributed by atoms with E-state index >= 15 is 0 Å². The van der Waals surface area contributed by atoms with E-state index in [1.165, 1.54) is 5.56 Å². The van der Waals surface area contributed by atoms with Crippen LogP contribution in [0.2, 0.25) is 0 Å². The van der Waals surface area contributed by atoms with Crippen molar-refractivity contribution in [3.8, 4) is 0 Å². The maximum Gasteiger partial charge on any atom is 0.412 e. The van der Waals surface area contributed by atoms with Gasteiger partial charge >= 0.3 is 6.09 Å². The van der Waals surface area contributed by atoms with E-state index < -0.39 is 11.7 Å². The number of benzene rings is 1. The summed E-state index contributed by atoms with van der Waals surface area (Å²) >= 11 is 3.22. The fourth-order valence-corrected chi connectivity index (χ4v) is 2.97. The van der Waals surface area contributed by atoms with Crippen LogP contribution < -0.4 is 5.32 Å². The van der Waals surface area contributed by atoms with Crippen molar-refractivity contribution in [2.24, 2.45) is 0 Å². The lowest BCUT2D eigenvalue weighted by Gasteiger charge is -2.34. The second-order valence-electron chi connectivity index (χ2n) is 7.11. The zero-order chi connectivity index (χ0) is 20.4. The molecule has 0 unspecified atom stereocenters. The molecule has 1 aliphatic rings. The normalized spacial score (nSPS) is 14.8. The first-order chi connectivity index (χ1) is 12.8. The molecule has 0 radical (unpaired) electrons. The van der Waals surface area contributed by atoms with Crippen molar-refractivity contribution in [1.82, 2.24) is 9.80 Å². The number of halogens is 1. The first kappa shape index (κ1) is 23.4. The number of hydrogen-bond donors (Lipinski definition) is 1. The van der Waals surface area contributed by atoms with Crippen LogP contribution in [0.1, 0.15) is 40.2 Å². The quantitative estimate of drug-likeness (QED) is 0.714. The van der Waals surface area contributed by atoms with Gasteiger partial charge in [0.25, 0.3) is 0 Å². The molecular formula is C20H32BrN3O3. The summed E-state index contributed by atoms with van der Waals surface area (Å²) in [6, 6.07) is 7.76. The molecule has 0 saturated carbocycles. The number of carbonyl (C=O) groups is 2. The first-order valence-corrected chi connectivity index (χ1v) is 10.5. The Morgan fingerprint density at radius 2 is 1.63 bits per heavy atom. The van der Waals surface area contributed by atoms with Gasteiger partial charge in [-0.3, -0.25) is 15.0 Å². The summed E-state index contributed by atoms with van der Waals surface area (Å²) in [4.78, 5) is 27.6. The number of carbonyl (C=O) groups excluding carboxylic acids is 2. The topological polar surface area (TPSA) is 61.9 Å². The van der Waals surface area contributed by atoms with Crippen molar-refractivity contribution >= 4 is 33.6 Å². The highest BCUT2D eigenvalue weighted by Crippen LogP contribution is 2.15. The number of amides is 2. The monoisotopic (exact) mass is 441 g/mol. The Balaban J connectivity index is 0.00000176. The van der Waals surface area contributed by atoms with Gasteiger partial charge in [-0.1, -0.05) is 41.9 Å². The molecule has 0 bridgehead atoms. The molecule has 0 aliphatic carbocycles. The third-order valence-electron chi connectivity index (χ3n) is 3.84. The minimum Gasteiger partial charge on any atom is -0.444 e. The van der Waals surface area contributed by atoms with Crippen molar-refractivity contribution in [3.63, 3.8) is 0 Å². The van der Waals surface area contributed by atoms with Crippen LogP contribution >= 0.6 is 15.9 Å². The van der Waals surface area contributed by atoms with Crippen LogP contribution in [0.5, 0.6) is 0 Å². The van der Waals surface area contributed by atoms with E-state index in [0.29, 0.717) is 11.0 Å². The zero-order valence-electron chi connectivity index (χ0n) is 17.0. The Kier molecular flexibility index (Phi) is 9.80. The fraction of sp³-hybridized carbons (Fsp3) is 0.600. The SMILES string of the molecule is CC.CC(C)(C)OC(=O)Nc1ccc(CN2CCN(C(=O)CBr)CC2)cc1. The molecule has 6 nitrogen and oxygen atoms in total. The van der Waals surface area contributed by atoms with Crippen LogP contribution in [0.4, 0.5) is 10.5 Å². The van der Waals surface area contributed by atoms with Gasteiger partial charge in [0.05, 0.1) is 5.33 Å².